The fourth-order valence-electron chi connectivity index (χ4n) is 1.88. The molecule has 0 radical (unpaired) electrons. The topological polar surface area (TPSA) is 61.4 Å². The summed E-state index contributed by atoms with van der Waals surface area (Å²) >= 11 is 0. The molecule has 1 heterocycles. The molecule has 0 aliphatic carbocycles. The summed E-state index contributed by atoms with van der Waals surface area (Å²) in [7, 11) is 0. The molecule has 1 saturated heterocycles. The van der Waals surface area contributed by atoms with Gasteiger partial charge in [0, 0.05) is 13.1 Å². The molecule has 1 aromatic rings. The Morgan fingerprint density at radius 1 is 1.33 bits per heavy atom. The Balaban J connectivity index is 2.23. The molecule has 1 fully saturated rings. The van der Waals surface area contributed by atoms with E-state index in [1.54, 1.807) is 0 Å². The van der Waals surface area contributed by atoms with Crippen molar-refractivity contribution in [3.8, 4) is 0 Å². The van der Waals surface area contributed by atoms with E-state index in [0.717, 1.165) is 12.1 Å². The second-order valence-corrected chi connectivity index (χ2v) is 4.30. The maximum absolute atomic E-state index is 13.4. The highest BCUT2D eigenvalue weighted by molar-refractivity contribution is 5.70. The van der Waals surface area contributed by atoms with E-state index in [-0.39, 0.29) is 12.1 Å². The van der Waals surface area contributed by atoms with Gasteiger partial charge in [-0.05, 0) is 12.1 Å². The van der Waals surface area contributed by atoms with Gasteiger partial charge in [-0.25, -0.2) is 13.2 Å². The molecule has 0 unspecified atom stereocenters. The smallest absolute Gasteiger partial charge is 0.305 e. The number of benzene rings is 1. The molecule has 1 aliphatic heterocycles. The Bertz CT molecular complexity index is 489. The van der Waals surface area contributed by atoms with E-state index in [1.165, 1.54) is 0 Å². The molecular weight excluding hydrogens is 249 g/mol. The Hall–Kier alpha value is -1.76. The third-order valence-corrected chi connectivity index (χ3v) is 2.85. The number of halogens is 3. The molecule has 18 heavy (non-hydrogen) atoms. The molecule has 98 valence electrons. The minimum atomic E-state index is -1.57. The summed E-state index contributed by atoms with van der Waals surface area (Å²) in [6.07, 6.45) is -0.238. The number of carbonyl (C=O) groups is 1. The van der Waals surface area contributed by atoms with Gasteiger partial charge in [0.25, 0.3) is 0 Å². The highest BCUT2D eigenvalue weighted by Crippen LogP contribution is 2.27. The average Bonchev–Trinajstić information content (AvgIpc) is 2.26. The van der Waals surface area contributed by atoms with Crippen molar-refractivity contribution in [1.29, 1.82) is 0 Å². The lowest BCUT2D eigenvalue weighted by Crippen LogP contribution is -2.65. The van der Waals surface area contributed by atoms with Gasteiger partial charge >= 0.3 is 5.97 Å². The second-order valence-electron chi connectivity index (χ2n) is 4.30. The lowest BCUT2D eigenvalue weighted by atomic mass is 9.88. The maximum Gasteiger partial charge on any atom is 0.305 e. The monoisotopic (exact) mass is 260 g/mol. The molecule has 0 spiro atoms. The van der Waals surface area contributed by atoms with E-state index in [0.29, 0.717) is 13.1 Å². The van der Waals surface area contributed by atoms with Crippen LogP contribution in [-0.4, -0.2) is 29.7 Å². The van der Waals surface area contributed by atoms with Crippen LogP contribution in [0.1, 0.15) is 6.42 Å². The molecule has 1 aromatic carbocycles. The van der Waals surface area contributed by atoms with Crippen molar-refractivity contribution in [2.75, 3.05) is 18.4 Å². The van der Waals surface area contributed by atoms with Gasteiger partial charge in [-0.1, -0.05) is 0 Å². The Morgan fingerprint density at radius 2 is 2.00 bits per heavy atom. The minimum absolute atomic E-state index is 0.238. The molecule has 0 bridgehead atoms. The van der Waals surface area contributed by atoms with Crippen LogP contribution in [0.2, 0.25) is 0 Å². The van der Waals surface area contributed by atoms with Crippen LogP contribution in [0, 0.1) is 17.5 Å². The SMILES string of the molecule is O=C(O)CC1(Nc2ccc(F)c(F)c2F)CNC1. The highest BCUT2D eigenvalue weighted by Gasteiger charge is 2.39. The Kier molecular flexibility index (Phi) is 3.16. The molecule has 2 rings (SSSR count). The van der Waals surface area contributed by atoms with Crippen LogP contribution in [0.25, 0.3) is 0 Å². The molecule has 0 saturated carbocycles. The van der Waals surface area contributed by atoms with Crippen molar-refractivity contribution >= 4 is 11.7 Å². The third kappa shape index (κ3) is 2.26. The molecular formula is C11H11F3N2O2. The summed E-state index contributed by atoms with van der Waals surface area (Å²) in [6.45, 7) is 0.634. The van der Waals surface area contributed by atoms with Gasteiger partial charge in [0.2, 0.25) is 0 Å². The minimum Gasteiger partial charge on any atom is -0.481 e. The molecule has 0 atom stereocenters. The quantitative estimate of drug-likeness (QED) is 0.715. The van der Waals surface area contributed by atoms with Crippen LogP contribution < -0.4 is 10.6 Å². The first-order valence-electron chi connectivity index (χ1n) is 5.28. The number of hydrogen-bond acceptors (Lipinski definition) is 3. The summed E-state index contributed by atoms with van der Waals surface area (Å²) in [5, 5.41) is 14.3. The van der Waals surface area contributed by atoms with Crippen LogP contribution in [-0.2, 0) is 4.79 Å². The van der Waals surface area contributed by atoms with Crippen LogP contribution in [0.15, 0.2) is 12.1 Å². The molecule has 7 heteroatoms. The molecule has 1 aliphatic rings. The van der Waals surface area contributed by atoms with Gasteiger partial charge < -0.3 is 15.7 Å². The largest absolute Gasteiger partial charge is 0.481 e. The lowest BCUT2D eigenvalue weighted by Gasteiger charge is -2.43. The first-order chi connectivity index (χ1) is 8.43. The fraction of sp³-hybridized carbons (Fsp3) is 0.364. The number of rotatable bonds is 4. The van der Waals surface area contributed by atoms with E-state index in [1.807, 2.05) is 0 Å². The van der Waals surface area contributed by atoms with Crippen molar-refractivity contribution < 1.29 is 23.1 Å². The summed E-state index contributed by atoms with van der Waals surface area (Å²) < 4.78 is 39.2. The molecule has 0 amide bonds. The van der Waals surface area contributed by atoms with Crippen molar-refractivity contribution in [2.45, 2.75) is 12.0 Å². The number of nitrogens with one attached hydrogen (secondary N) is 2. The molecule has 3 N–H and O–H groups in total. The van der Waals surface area contributed by atoms with Gasteiger partial charge in [-0.2, -0.15) is 0 Å². The van der Waals surface area contributed by atoms with E-state index in [9.17, 15) is 18.0 Å². The van der Waals surface area contributed by atoms with Gasteiger partial charge in [0.1, 0.15) is 0 Å². The van der Waals surface area contributed by atoms with Gasteiger partial charge in [-0.3, -0.25) is 4.79 Å². The first-order valence-corrected chi connectivity index (χ1v) is 5.28. The summed E-state index contributed by atoms with van der Waals surface area (Å²) in [6, 6.07) is 1.84. The Labute approximate surface area is 101 Å². The normalized spacial score (nSPS) is 17.1. The first kappa shape index (κ1) is 12.7. The van der Waals surface area contributed by atoms with E-state index >= 15 is 0 Å². The zero-order valence-electron chi connectivity index (χ0n) is 9.27. The number of aliphatic carboxylic acids is 1. The van der Waals surface area contributed by atoms with Crippen LogP contribution >= 0.6 is 0 Å². The van der Waals surface area contributed by atoms with Crippen LogP contribution in [0.5, 0.6) is 0 Å². The lowest BCUT2D eigenvalue weighted by molar-refractivity contribution is -0.138. The summed E-state index contributed by atoms with van der Waals surface area (Å²) in [5.74, 6) is -5.24. The van der Waals surface area contributed by atoms with E-state index in [2.05, 4.69) is 10.6 Å². The van der Waals surface area contributed by atoms with Crippen LogP contribution in [0.3, 0.4) is 0 Å². The van der Waals surface area contributed by atoms with Gasteiger partial charge in [0.15, 0.2) is 17.5 Å². The standard InChI is InChI=1S/C11H11F3N2O2/c12-6-1-2-7(10(14)9(6)13)16-11(3-8(17)18)4-15-5-11/h1-2,15-16H,3-5H2,(H,17,18). The van der Waals surface area contributed by atoms with Gasteiger partial charge in [0.05, 0.1) is 17.6 Å². The maximum atomic E-state index is 13.4. The summed E-state index contributed by atoms with van der Waals surface area (Å²) in [5.41, 5.74) is -1.10. The second kappa shape index (κ2) is 4.49. The van der Waals surface area contributed by atoms with Gasteiger partial charge in [-0.15, -0.1) is 0 Å². The zero-order chi connectivity index (χ0) is 13.3. The number of carboxylic acid groups (broad SMARTS) is 1. The fourth-order valence-corrected chi connectivity index (χ4v) is 1.88. The number of hydrogen-bond donors (Lipinski definition) is 3. The number of anilines is 1. The predicted molar refractivity (Wildman–Crippen MR) is 57.8 cm³/mol. The number of carboxylic acids is 1. The predicted octanol–water partition coefficient (Wildman–Crippen LogP) is 1.33. The summed E-state index contributed by atoms with van der Waals surface area (Å²) in [4.78, 5) is 10.7. The van der Waals surface area contributed by atoms with E-state index in [4.69, 9.17) is 5.11 Å². The van der Waals surface area contributed by atoms with Crippen molar-refractivity contribution in [1.82, 2.24) is 5.32 Å². The molecule has 0 aromatic heterocycles. The highest BCUT2D eigenvalue weighted by atomic mass is 19.2. The molecule has 4 nitrogen and oxygen atoms in total. The van der Waals surface area contributed by atoms with Crippen LogP contribution in [0.4, 0.5) is 18.9 Å². The zero-order valence-corrected chi connectivity index (χ0v) is 9.27. The average molecular weight is 260 g/mol. The van der Waals surface area contributed by atoms with Crippen molar-refractivity contribution in [2.24, 2.45) is 0 Å². The Morgan fingerprint density at radius 3 is 2.50 bits per heavy atom. The third-order valence-electron chi connectivity index (χ3n) is 2.85. The van der Waals surface area contributed by atoms with Crippen molar-refractivity contribution in [3.05, 3.63) is 29.6 Å². The van der Waals surface area contributed by atoms with Crippen molar-refractivity contribution in [3.63, 3.8) is 0 Å². The van der Waals surface area contributed by atoms with E-state index < -0.39 is 29.0 Å².